The van der Waals surface area contributed by atoms with Crippen molar-refractivity contribution in [2.24, 2.45) is 5.73 Å². The van der Waals surface area contributed by atoms with Gasteiger partial charge in [-0.05, 0) is 12.1 Å². The van der Waals surface area contributed by atoms with Crippen LogP contribution in [0.15, 0.2) is 48.5 Å². The lowest BCUT2D eigenvalue weighted by Crippen LogP contribution is -2.21. The van der Waals surface area contributed by atoms with Crippen molar-refractivity contribution in [2.75, 3.05) is 0 Å². The van der Waals surface area contributed by atoms with E-state index >= 15 is 0 Å². The summed E-state index contributed by atoms with van der Waals surface area (Å²) in [5.74, 6) is -1.02. The fraction of sp³-hybridized carbons (Fsp3) is 0.143. The summed E-state index contributed by atoms with van der Waals surface area (Å²) in [7, 11) is 0. The molecule has 1 atom stereocenters. The highest BCUT2D eigenvalue weighted by Crippen LogP contribution is 2.32. The maximum Gasteiger partial charge on any atom is 0.573 e. The lowest BCUT2D eigenvalue weighted by atomic mass is 9.98. The molecule has 0 radical (unpaired) electrons. The average Bonchev–Trinajstić information content (AvgIpc) is 2.37. The van der Waals surface area contributed by atoms with E-state index in [4.69, 9.17) is 5.73 Å². The van der Waals surface area contributed by atoms with Crippen LogP contribution in [-0.2, 0) is 0 Å². The van der Waals surface area contributed by atoms with Gasteiger partial charge in [0, 0.05) is 11.1 Å². The van der Waals surface area contributed by atoms with Crippen molar-refractivity contribution in [3.05, 3.63) is 65.5 Å². The molecule has 0 heterocycles. The highest BCUT2D eigenvalue weighted by molar-refractivity contribution is 5.41. The van der Waals surface area contributed by atoms with E-state index in [9.17, 15) is 17.6 Å². The van der Waals surface area contributed by atoms with Gasteiger partial charge in [0.1, 0.15) is 11.6 Å². The van der Waals surface area contributed by atoms with E-state index in [1.807, 2.05) is 0 Å². The summed E-state index contributed by atoms with van der Waals surface area (Å²) in [4.78, 5) is 0. The maximum atomic E-state index is 13.7. The third-order valence-electron chi connectivity index (χ3n) is 2.72. The van der Waals surface area contributed by atoms with Crippen LogP contribution in [0.4, 0.5) is 17.6 Å². The molecular weight excluding hydrogens is 274 g/mol. The maximum absolute atomic E-state index is 13.7. The van der Waals surface area contributed by atoms with Gasteiger partial charge in [-0.1, -0.05) is 36.4 Å². The van der Waals surface area contributed by atoms with Crippen LogP contribution in [0.1, 0.15) is 17.2 Å². The first-order chi connectivity index (χ1) is 9.38. The van der Waals surface area contributed by atoms with Gasteiger partial charge in [-0.3, -0.25) is 0 Å². The molecule has 2 nitrogen and oxygen atoms in total. The molecule has 0 fully saturated rings. The summed E-state index contributed by atoms with van der Waals surface area (Å²) in [5, 5.41) is 0. The van der Waals surface area contributed by atoms with Crippen molar-refractivity contribution in [3.63, 3.8) is 0 Å². The number of alkyl halides is 3. The predicted octanol–water partition coefficient (Wildman–Crippen LogP) is 3.77. The molecule has 0 saturated heterocycles. The number of hydrogen-bond donors (Lipinski definition) is 1. The minimum Gasteiger partial charge on any atom is -0.405 e. The quantitative estimate of drug-likeness (QED) is 0.871. The van der Waals surface area contributed by atoms with Gasteiger partial charge in [0.15, 0.2) is 0 Å². The molecule has 6 heteroatoms. The molecular formula is C14H11F4NO. The molecule has 2 aromatic rings. The zero-order valence-corrected chi connectivity index (χ0v) is 10.2. The zero-order valence-electron chi connectivity index (χ0n) is 10.2. The fourth-order valence-corrected chi connectivity index (χ4v) is 1.85. The molecule has 2 N–H and O–H groups in total. The Morgan fingerprint density at radius 2 is 1.45 bits per heavy atom. The van der Waals surface area contributed by atoms with Crippen LogP contribution in [0.3, 0.4) is 0 Å². The van der Waals surface area contributed by atoms with Crippen molar-refractivity contribution >= 4 is 0 Å². The minimum atomic E-state index is -4.83. The Bertz CT molecular complexity index is 598. The first-order valence-corrected chi connectivity index (χ1v) is 5.73. The van der Waals surface area contributed by atoms with E-state index in [0.717, 1.165) is 6.07 Å². The van der Waals surface area contributed by atoms with Crippen molar-refractivity contribution in [2.45, 2.75) is 12.4 Å². The van der Waals surface area contributed by atoms with Gasteiger partial charge in [0.25, 0.3) is 0 Å². The molecule has 0 saturated carbocycles. The standard InChI is InChI=1S/C14H11F4NO/c15-11-7-3-1-5-9(11)13(19)10-6-2-4-8-12(10)20-14(16,17)18/h1-8,13H,19H2. The number of para-hydroxylation sites is 1. The predicted molar refractivity (Wildman–Crippen MR) is 65.6 cm³/mol. The molecule has 20 heavy (non-hydrogen) atoms. The summed E-state index contributed by atoms with van der Waals surface area (Å²) < 4.78 is 54.6. The van der Waals surface area contributed by atoms with Gasteiger partial charge in [0.2, 0.25) is 0 Å². The minimum absolute atomic E-state index is 0.0647. The molecule has 0 aliphatic heterocycles. The lowest BCUT2D eigenvalue weighted by molar-refractivity contribution is -0.274. The van der Waals surface area contributed by atoms with Crippen LogP contribution in [0.5, 0.6) is 5.75 Å². The van der Waals surface area contributed by atoms with Crippen LogP contribution in [-0.4, -0.2) is 6.36 Å². The number of rotatable bonds is 3. The lowest BCUT2D eigenvalue weighted by Gasteiger charge is -2.18. The SMILES string of the molecule is NC(c1ccccc1F)c1ccccc1OC(F)(F)F. The van der Waals surface area contributed by atoms with E-state index in [2.05, 4.69) is 4.74 Å². The van der Waals surface area contributed by atoms with Crippen LogP contribution < -0.4 is 10.5 Å². The summed E-state index contributed by atoms with van der Waals surface area (Å²) in [6.07, 6.45) is -4.83. The van der Waals surface area contributed by atoms with E-state index in [-0.39, 0.29) is 11.1 Å². The van der Waals surface area contributed by atoms with E-state index in [0.29, 0.717) is 0 Å². The first-order valence-electron chi connectivity index (χ1n) is 5.73. The smallest absolute Gasteiger partial charge is 0.405 e. The second-order valence-electron chi connectivity index (χ2n) is 4.08. The van der Waals surface area contributed by atoms with Crippen LogP contribution >= 0.6 is 0 Å². The summed E-state index contributed by atoms with van der Waals surface area (Å²) in [6, 6.07) is 10.0. The molecule has 0 amide bonds. The molecule has 0 bridgehead atoms. The summed E-state index contributed by atoms with van der Waals surface area (Å²) >= 11 is 0. The van der Waals surface area contributed by atoms with Gasteiger partial charge in [-0.2, -0.15) is 0 Å². The van der Waals surface area contributed by atoms with E-state index < -0.39 is 24.0 Å². The molecule has 2 rings (SSSR count). The Kier molecular flexibility index (Phi) is 3.94. The summed E-state index contributed by atoms with van der Waals surface area (Å²) in [6.45, 7) is 0. The first kappa shape index (κ1) is 14.3. The van der Waals surface area contributed by atoms with Crippen molar-refractivity contribution in [1.82, 2.24) is 0 Å². The Morgan fingerprint density at radius 1 is 0.900 bits per heavy atom. The molecule has 0 spiro atoms. The van der Waals surface area contributed by atoms with Crippen molar-refractivity contribution < 1.29 is 22.3 Å². The second kappa shape index (κ2) is 5.50. The van der Waals surface area contributed by atoms with Crippen molar-refractivity contribution in [1.29, 1.82) is 0 Å². The van der Waals surface area contributed by atoms with Crippen LogP contribution in [0.2, 0.25) is 0 Å². The Balaban J connectivity index is 2.40. The van der Waals surface area contributed by atoms with Crippen LogP contribution in [0, 0.1) is 5.82 Å². The second-order valence-corrected chi connectivity index (χ2v) is 4.08. The monoisotopic (exact) mass is 285 g/mol. The van der Waals surface area contributed by atoms with Gasteiger partial charge in [-0.25, -0.2) is 4.39 Å². The number of nitrogens with two attached hydrogens (primary N) is 1. The Morgan fingerprint density at radius 3 is 2.05 bits per heavy atom. The molecule has 106 valence electrons. The molecule has 1 unspecified atom stereocenters. The van der Waals surface area contributed by atoms with Gasteiger partial charge in [0.05, 0.1) is 6.04 Å². The summed E-state index contributed by atoms with van der Waals surface area (Å²) in [5.41, 5.74) is 6.02. The molecule has 0 aliphatic carbocycles. The largest absolute Gasteiger partial charge is 0.573 e. The number of hydrogen-bond acceptors (Lipinski definition) is 2. The average molecular weight is 285 g/mol. The number of benzene rings is 2. The van der Waals surface area contributed by atoms with Crippen molar-refractivity contribution in [3.8, 4) is 5.75 Å². The molecule has 0 aromatic heterocycles. The topological polar surface area (TPSA) is 35.2 Å². The normalized spacial score (nSPS) is 13.1. The molecule has 2 aromatic carbocycles. The highest BCUT2D eigenvalue weighted by Gasteiger charge is 2.32. The Labute approximate surface area is 112 Å². The van der Waals surface area contributed by atoms with Gasteiger partial charge >= 0.3 is 6.36 Å². The van der Waals surface area contributed by atoms with Crippen LogP contribution in [0.25, 0.3) is 0 Å². The Hall–Kier alpha value is -2.08. The molecule has 0 aliphatic rings. The third kappa shape index (κ3) is 3.27. The fourth-order valence-electron chi connectivity index (χ4n) is 1.85. The van der Waals surface area contributed by atoms with Gasteiger partial charge < -0.3 is 10.5 Å². The third-order valence-corrected chi connectivity index (χ3v) is 2.72. The highest BCUT2D eigenvalue weighted by atomic mass is 19.4. The van der Waals surface area contributed by atoms with E-state index in [1.54, 1.807) is 6.07 Å². The zero-order chi connectivity index (χ0) is 14.8. The number of halogens is 4. The van der Waals surface area contributed by atoms with E-state index in [1.165, 1.54) is 36.4 Å². The van der Waals surface area contributed by atoms with Gasteiger partial charge in [-0.15, -0.1) is 13.2 Å². The number of ether oxygens (including phenoxy) is 1.